The van der Waals surface area contributed by atoms with Gasteiger partial charge in [0.05, 0.1) is 6.04 Å². The van der Waals surface area contributed by atoms with Crippen LogP contribution in [0.2, 0.25) is 0 Å². The Morgan fingerprint density at radius 3 is 2.56 bits per heavy atom. The molecule has 2 rings (SSSR count). The van der Waals surface area contributed by atoms with Crippen LogP contribution in [0.25, 0.3) is 0 Å². The molecule has 0 spiro atoms. The van der Waals surface area contributed by atoms with Crippen molar-refractivity contribution < 1.29 is 4.79 Å². The summed E-state index contributed by atoms with van der Waals surface area (Å²) >= 11 is 0. The smallest absolute Gasteiger partial charge is 0.237 e. The van der Waals surface area contributed by atoms with E-state index < -0.39 is 0 Å². The number of amides is 1. The average molecular weight is 253 g/mol. The number of rotatable bonds is 3. The Kier molecular flexibility index (Phi) is 5.01. The monoisotopic (exact) mass is 253 g/mol. The number of nitrogens with zero attached hydrogens (tertiary/aromatic N) is 1. The second-order valence-electron chi connectivity index (χ2n) is 5.84. The van der Waals surface area contributed by atoms with Gasteiger partial charge in [-0.3, -0.25) is 9.69 Å². The molecule has 1 heterocycles. The van der Waals surface area contributed by atoms with Crippen LogP contribution in [-0.4, -0.2) is 42.0 Å². The second kappa shape index (κ2) is 6.53. The highest BCUT2D eigenvalue weighted by molar-refractivity contribution is 5.82. The summed E-state index contributed by atoms with van der Waals surface area (Å²) in [6.45, 7) is 3.68. The molecular weight excluding hydrogens is 226 g/mol. The van der Waals surface area contributed by atoms with Gasteiger partial charge in [0, 0.05) is 18.6 Å². The third kappa shape index (κ3) is 3.23. The molecule has 0 radical (unpaired) electrons. The number of nitrogens with one attached hydrogen (secondary N) is 1. The SMILES string of the molecule is CC1CN(C2CCCCCC2)C(CCN)C(=O)N1. The van der Waals surface area contributed by atoms with Crippen LogP contribution >= 0.6 is 0 Å². The molecule has 1 aliphatic carbocycles. The van der Waals surface area contributed by atoms with E-state index in [1.165, 1.54) is 38.5 Å². The van der Waals surface area contributed by atoms with Gasteiger partial charge in [0.1, 0.15) is 0 Å². The number of piperazine rings is 1. The van der Waals surface area contributed by atoms with Gasteiger partial charge in [-0.25, -0.2) is 0 Å². The van der Waals surface area contributed by atoms with Crippen molar-refractivity contribution in [3.63, 3.8) is 0 Å². The molecular formula is C14H27N3O. The Morgan fingerprint density at radius 1 is 1.28 bits per heavy atom. The number of carbonyl (C=O) groups excluding carboxylic acids is 1. The van der Waals surface area contributed by atoms with Gasteiger partial charge < -0.3 is 11.1 Å². The highest BCUT2D eigenvalue weighted by Crippen LogP contribution is 2.26. The molecule has 1 aliphatic heterocycles. The lowest BCUT2D eigenvalue weighted by atomic mass is 9.98. The summed E-state index contributed by atoms with van der Waals surface area (Å²) < 4.78 is 0. The fraction of sp³-hybridized carbons (Fsp3) is 0.929. The Bertz CT molecular complexity index is 274. The van der Waals surface area contributed by atoms with Crippen LogP contribution in [0.3, 0.4) is 0 Å². The third-order valence-corrected chi connectivity index (χ3v) is 4.31. The maximum absolute atomic E-state index is 12.1. The van der Waals surface area contributed by atoms with E-state index in [1.807, 2.05) is 0 Å². The van der Waals surface area contributed by atoms with Gasteiger partial charge in [0.15, 0.2) is 0 Å². The van der Waals surface area contributed by atoms with Crippen molar-refractivity contribution in [2.24, 2.45) is 5.73 Å². The van der Waals surface area contributed by atoms with Gasteiger partial charge in [0.2, 0.25) is 5.91 Å². The van der Waals surface area contributed by atoms with Gasteiger partial charge in [0.25, 0.3) is 0 Å². The second-order valence-corrected chi connectivity index (χ2v) is 5.84. The molecule has 1 amide bonds. The highest BCUT2D eigenvalue weighted by atomic mass is 16.2. The van der Waals surface area contributed by atoms with Crippen molar-refractivity contribution in [3.05, 3.63) is 0 Å². The Morgan fingerprint density at radius 2 is 1.94 bits per heavy atom. The average Bonchev–Trinajstić information content (AvgIpc) is 2.61. The lowest BCUT2D eigenvalue weighted by Crippen LogP contribution is -2.62. The predicted octanol–water partition coefficient (Wildman–Crippen LogP) is 1.25. The van der Waals surface area contributed by atoms with E-state index in [9.17, 15) is 4.79 Å². The largest absolute Gasteiger partial charge is 0.351 e. The van der Waals surface area contributed by atoms with E-state index in [0.29, 0.717) is 12.6 Å². The van der Waals surface area contributed by atoms with Gasteiger partial charge in [-0.05, 0) is 32.7 Å². The topological polar surface area (TPSA) is 58.4 Å². The molecule has 0 aromatic carbocycles. The molecule has 0 aromatic rings. The van der Waals surface area contributed by atoms with E-state index >= 15 is 0 Å². The van der Waals surface area contributed by atoms with Crippen LogP contribution < -0.4 is 11.1 Å². The van der Waals surface area contributed by atoms with Crippen molar-refractivity contribution in [3.8, 4) is 0 Å². The van der Waals surface area contributed by atoms with Gasteiger partial charge in [-0.15, -0.1) is 0 Å². The van der Waals surface area contributed by atoms with Crippen LogP contribution in [0.5, 0.6) is 0 Å². The summed E-state index contributed by atoms with van der Waals surface area (Å²) in [6, 6.07) is 0.877. The van der Waals surface area contributed by atoms with Crippen molar-refractivity contribution >= 4 is 5.91 Å². The zero-order chi connectivity index (χ0) is 13.0. The number of hydrogen-bond donors (Lipinski definition) is 2. The Hall–Kier alpha value is -0.610. The molecule has 1 saturated heterocycles. The fourth-order valence-corrected chi connectivity index (χ4v) is 3.43. The fourth-order valence-electron chi connectivity index (χ4n) is 3.43. The van der Waals surface area contributed by atoms with Crippen LogP contribution in [0, 0.1) is 0 Å². The van der Waals surface area contributed by atoms with E-state index in [2.05, 4.69) is 17.1 Å². The first kappa shape index (κ1) is 13.8. The van der Waals surface area contributed by atoms with E-state index in [1.54, 1.807) is 0 Å². The molecule has 1 saturated carbocycles. The first-order valence-corrected chi connectivity index (χ1v) is 7.48. The first-order valence-electron chi connectivity index (χ1n) is 7.48. The van der Waals surface area contributed by atoms with E-state index in [4.69, 9.17) is 5.73 Å². The molecule has 2 atom stereocenters. The first-order chi connectivity index (χ1) is 8.72. The van der Waals surface area contributed by atoms with Crippen molar-refractivity contribution in [2.75, 3.05) is 13.1 Å². The lowest BCUT2D eigenvalue weighted by molar-refractivity contribution is -0.132. The molecule has 4 nitrogen and oxygen atoms in total. The van der Waals surface area contributed by atoms with Gasteiger partial charge in [-0.1, -0.05) is 25.7 Å². The molecule has 4 heteroatoms. The summed E-state index contributed by atoms with van der Waals surface area (Å²) in [5.74, 6) is 0.184. The van der Waals surface area contributed by atoms with Crippen LogP contribution in [0.4, 0.5) is 0 Å². The Labute approximate surface area is 110 Å². The molecule has 3 N–H and O–H groups in total. The van der Waals surface area contributed by atoms with Crippen LogP contribution in [-0.2, 0) is 4.79 Å². The van der Waals surface area contributed by atoms with Crippen molar-refractivity contribution in [2.45, 2.75) is 70.0 Å². The standard InChI is InChI=1S/C14H27N3O/c1-11-10-17(12-6-4-2-3-5-7-12)13(8-9-15)14(18)16-11/h11-13H,2-10,15H2,1H3,(H,16,18). The van der Waals surface area contributed by atoms with Crippen LogP contribution in [0.15, 0.2) is 0 Å². The minimum absolute atomic E-state index is 0.00861. The van der Waals surface area contributed by atoms with E-state index in [0.717, 1.165) is 13.0 Å². The van der Waals surface area contributed by atoms with Crippen molar-refractivity contribution in [1.29, 1.82) is 0 Å². The molecule has 2 fully saturated rings. The molecule has 0 bridgehead atoms. The Balaban J connectivity index is 2.06. The third-order valence-electron chi connectivity index (χ3n) is 4.31. The van der Waals surface area contributed by atoms with Gasteiger partial charge in [-0.2, -0.15) is 0 Å². The lowest BCUT2D eigenvalue weighted by Gasteiger charge is -2.43. The summed E-state index contributed by atoms with van der Waals surface area (Å²) in [5, 5.41) is 3.06. The number of carbonyl (C=O) groups is 1. The maximum Gasteiger partial charge on any atom is 0.237 e. The molecule has 2 aliphatic rings. The normalized spacial score (nSPS) is 32.0. The summed E-state index contributed by atoms with van der Waals surface area (Å²) in [7, 11) is 0. The molecule has 104 valence electrons. The van der Waals surface area contributed by atoms with Gasteiger partial charge >= 0.3 is 0 Å². The minimum atomic E-state index is 0.00861. The highest BCUT2D eigenvalue weighted by Gasteiger charge is 2.36. The maximum atomic E-state index is 12.1. The summed E-state index contributed by atoms with van der Waals surface area (Å²) in [6.07, 6.45) is 8.62. The molecule has 18 heavy (non-hydrogen) atoms. The predicted molar refractivity (Wildman–Crippen MR) is 73.3 cm³/mol. The molecule has 2 unspecified atom stereocenters. The summed E-state index contributed by atoms with van der Waals surface area (Å²) in [4.78, 5) is 14.6. The zero-order valence-corrected chi connectivity index (χ0v) is 11.5. The zero-order valence-electron chi connectivity index (χ0n) is 11.5. The minimum Gasteiger partial charge on any atom is -0.351 e. The van der Waals surface area contributed by atoms with Crippen LogP contribution in [0.1, 0.15) is 51.9 Å². The number of nitrogens with two attached hydrogens (primary N) is 1. The quantitative estimate of drug-likeness (QED) is 0.744. The number of hydrogen-bond acceptors (Lipinski definition) is 3. The molecule has 0 aromatic heterocycles. The van der Waals surface area contributed by atoms with Crippen molar-refractivity contribution in [1.82, 2.24) is 10.2 Å². The summed E-state index contributed by atoms with van der Waals surface area (Å²) in [5.41, 5.74) is 5.67. The van der Waals surface area contributed by atoms with E-state index in [-0.39, 0.29) is 18.0 Å².